The predicted octanol–water partition coefficient (Wildman–Crippen LogP) is 2.61. The SMILES string of the molecule is CCNS(=O)(=O)CCNC(c1ccco1)c1ccc(Cl)s1. The minimum Gasteiger partial charge on any atom is -0.467 e. The molecule has 2 N–H and O–H groups in total. The second-order valence-electron chi connectivity index (χ2n) is 4.36. The lowest BCUT2D eigenvalue weighted by Crippen LogP contribution is -2.33. The Morgan fingerprint density at radius 1 is 1.38 bits per heavy atom. The Morgan fingerprint density at radius 3 is 2.76 bits per heavy atom. The largest absolute Gasteiger partial charge is 0.467 e. The van der Waals surface area contributed by atoms with Gasteiger partial charge in [0.15, 0.2) is 0 Å². The molecule has 0 aromatic carbocycles. The maximum atomic E-state index is 11.6. The normalized spacial score (nSPS) is 13.4. The van der Waals surface area contributed by atoms with Gasteiger partial charge in [0.05, 0.1) is 16.4 Å². The van der Waals surface area contributed by atoms with Crippen molar-refractivity contribution in [1.29, 1.82) is 0 Å². The monoisotopic (exact) mass is 348 g/mol. The zero-order chi connectivity index (χ0) is 15.3. The van der Waals surface area contributed by atoms with Crippen LogP contribution in [0.2, 0.25) is 4.34 Å². The second kappa shape index (κ2) is 7.42. The molecule has 1 atom stereocenters. The summed E-state index contributed by atoms with van der Waals surface area (Å²) in [5.74, 6) is 0.742. The third-order valence-corrected chi connectivity index (χ3v) is 5.56. The molecule has 0 aliphatic rings. The zero-order valence-electron chi connectivity index (χ0n) is 11.5. The molecule has 8 heteroatoms. The topological polar surface area (TPSA) is 71.3 Å². The molecule has 0 saturated carbocycles. The highest BCUT2D eigenvalue weighted by atomic mass is 35.5. The van der Waals surface area contributed by atoms with Crippen LogP contribution in [0.1, 0.15) is 23.6 Å². The molecule has 116 valence electrons. The molecule has 2 aromatic rings. The molecule has 2 rings (SSSR count). The molecule has 0 radical (unpaired) electrons. The molecular formula is C13H17ClN2O3S2. The van der Waals surface area contributed by atoms with E-state index in [2.05, 4.69) is 10.0 Å². The lowest BCUT2D eigenvalue weighted by Gasteiger charge is -2.15. The Balaban J connectivity index is 2.04. The van der Waals surface area contributed by atoms with Crippen LogP contribution in [0.5, 0.6) is 0 Å². The number of nitrogens with one attached hydrogen (secondary N) is 2. The molecule has 0 aliphatic heterocycles. The van der Waals surface area contributed by atoms with E-state index in [0.29, 0.717) is 17.4 Å². The lowest BCUT2D eigenvalue weighted by molar-refractivity contribution is 0.454. The van der Waals surface area contributed by atoms with E-state index in [1.54, 1.807) is 19.3 Å². The Bertz CT molecular complexity index is 653. The van der Waals surface area contributed by atoms with Gasteiger partial charge in [-0.1, -0.05) is 18.5 Å². The van der Waals surface area contributed by atoms with Gasteiger partial charge in [-0.3, -0.25) is 0 Å². The van der Waals surface area contributed by atoms with Crippen LogP contribution in [-0.4, -0.2) is 27.3 Å². The first-order valence-electron chi connectivity index (χ1n) is 6.51. The van der Waals surface area contributed by atoms with E-state index in [-0.39, 0.29) is 11.8 Å². The predicted molar refractivity (Wildman–Crippen MR) is 85.3 cm³/mol. The standard InChI is InChI=1S/C13H17ClN2O3S2/c1-2-16-21(17,18)9-7-15-13(10-4-3-8-19-10)11-5-6-12(14)20-11/h3-6,8,13,15-16H,2,7,9H2,1H3. The lowest BCUT2D eigenvalue weighted by atomic mass is 10.2. The molecule has 21 heavy (non-hydrogen) atoms. The van der Waals surface area contributed by atoms with Crippen LogP contribution < -0.4 is 10.0 Å². The molecule has 5 nitrogen and oxygen atoms in total. The van der Waals surface area contributed by atoms with E-state index in [0.717, 1.165) is 10.6 Å². The maximum absolute atomic E-state index is 11.6. The molecule has 0 spiro atoms. The van der Waals surface area contributed by atoms with E-state index in [1.807, 2.05) is 18.2 Å². The summed E-state index contributed by atoms with van der Waals surface area (Å²) < 4.78 is 31.9. The van der Waals surface area contributed by atoms with Crippen LogP contribution in [0, 0.1) is 0 Å². The van der Waals surface area contributed by atoms with Crippen molar-refractivity contribution < 1.29 is 12.8 Å². The Labute approximate surface area is 133 Å². The van der Waals surface area contributed by atoms with Crippen molar-refractivity contribution in [3.8, 4) is 0 Å². The number of furan rings is 1. The van der Waals surface area contributed by atoms with Gasteiger partial charge in [-0.05, 0) is 24.3 Å². The Kier molecular flexibility index (Phi) is 5.83. The minimum atomic E-state index is -3.24. The number of hydrogen-bond donors (Lipinski definition) is 2. The van der Waals surface area contributed by atoms with Crippen molar-refractivity contribution in [2.24, 2.45) is 0 Å². The van der Waals surface area contributed by atoms with E-state index in [4.69, 9.17) is 16.0 Å². The van der Waals surface area contributed by atoms with Gasteiger partial charge in [0.2, 0.25) is 10.0 Å². The van der Waals surface area contributed by atoms with Gasteiger partial charge in [0.1, 0.15) is 11.8 Å². The average molecular weight is 349 g/mol. The third-order valence-electron chi connectivity index (χ3n) is 2.79. The van der Waals surface area contributed by atoms with Crippen LogP contribution in [-0.2, 0) is 10.0 Å². The quantitative estimate of drug-likeness (QED) is 0.769. The molecular weight excluding hydrogens is 332 g/mol. The molecule has 1 unspecified atom stereocenters. The first-order chi connectivity index (χ1) is 10.0. The minimum absolute atomic E-state index is 0.0111. The van der Waals surface area contributed by atoms with Crippen molar-refractivity contribution in [3.05, 3.63) is 45.5 Å². The van der Waals surface area contributed by atoms with Crippen molar-refractivity contribution >= 4 is 33.0 Å². The molecule has 0 fully saturated rings. The number of halogens is 1. The Hall–Kier alpha value is -0.860. The van der Waals surface area contributed by atoms with Gasteiger partial charge in [0, 0.05) is 18.0 Å². The summed E-state index contributed by atoms with van der Waals surface area (Å²) in [6.45, 7) is 2.46. The second-order valence-corrected chi connectivity index (χ2v) is 8.03. The maximum Gasteiger partial charge on any atom is 0.212 e. The van der Waals surface area contributed by atoms with Crippen LogP contribution >= 0.6 is 22.9 Å². The van der Waals surface area contributed by atoms with Crippen molar-refractivity contribution in [2.75, 3.05) is 18.8 Å². The van der Waals surface area contributed by atoms with Gasteiger partial charge in [-0.15, -0.1) is 11.3 Å². The molecule has 2 heterocycles. The van der Waals surface area contributed by atoms with Crippen molar-refractivity contribution in [1.82, 2.24) is 10.0 Å². The summed E-state index contributed by atoms with van der Waals surface area (Å²) in [6.07, 6.45) is 1.59. The summed E-state index contributed by atoms with van der Waals surface area (Å²) in [7, 11) is -3.24. The van der Waals surface area contributed by atoms with Gasteiger partial charge >= 0.3 is 0 Å². The van der Waals surface area contributed by atoms with Crippen molar-refractivity contribution in [3.63, 3.8) is 0 Å². The van der Waals surface area contributed by atoms with Crippen LogP contribution in [0.15, 0.2) is 34.9 Å². The fourth-order valence-corrected chi connectivity index (χ4v) is 4.03. The highest BCUT2D eigenvalue weighted by molar-refractivity contribution is 7.89. The average Bonchev–Trinajstić information content (AvgIpc) is 3.06. The highest BCUT2D eigenvalue weighted by Gasteiger charge is 2.19. The summed E-state index contributed by atoms with van der Waals surface area (Å²) in [5, 5.41) is 3.21. The fourth-order valence-electron chi connectivity index (χ4n) is 1.91. The first kappa shape index (κ1) is 16.5. The highest BCUT2D eigenvalue weighted by Crippen LogP contribution is 2.31. The van der Waals surface area contributed by atoms with Crippen LogP contribution in [0.3, 0.4) is 0 Å². The fraction of sp³-hybridized carbons (Fsp3) is 0.385. The number of thiophene rings is 1. The summed E-state index contributed by atoms with van der Waals surface area (Å²) in [4.78, 5) is 0.982. The Morgan fingerprint density at radius 2 is 2.19 bits per heavy atom. The van der Waals surface area contributed by atoms with Gasteiger partial charge in [-0.2, -0.15) is 0 Å². The number of sulfonamides is 1. The summed E-state index contributed by atoms with van der Waals surface area (Å²) in [6, 6.07) is 7.17. The van der Waals surface area contributed by atoms with E-state index in [1.165, 1.54) is 11.3 Å². The molecule has 0 bridgehead atoms. The molecule has 0 amide bonds. The molecule has 0 saturated heterocycles. The molecule has 0 aliphatic carbocycles. The zero-order valence-corrected chi connectivity index (χ0v) is 13.9. The summed E-state index contributed by atoms with van der Waals surface area (Å²) >= 11 is 7.41. The smallest absolute Gasteiger partial charge is 0.212 e. The van der Waals surface area contributed by atoms with E-state index < -0.39 is 10.0 Å². The van der Waals surface area contributed by atoms with Crippen molar-refractivity contribution in [2.45, 2.75) is 13.0 Å². The van der Waals surface area contributed by atoms with Crippen LogP contribution in [0.25, 0.3) is 0 Å². The van der Waals surface area contributed by atoms with E-state index >= 15 is 0 Å². The van der Waals surface area contributed by atoms with Gasteiger partial charge in [0.25, 0.3) is 0 Å². The third kappa shape index (κ3) is 4.82. The van der Waals surface area contributed by atoms with E-state index in [9.17, 15) is 8.42 Å². The van der Waals surface area contributed by atoms with Gasteiger partial charge < -0.3 is 9.73 Å². The molecule has 2 aromatic heterocycles. The number of rotatable bonds is 8. The first-order valence-corrected chi connectivity index (χ1v) is 9.36. The van der Waals surface area contributed by atoms with Crippen LogP contribution in [0.4, 0.5) is 0 Å². The summed E-state index contributed by atoms with van der Waals surface area (Å²) in [5.41, 5.74) is 0. The number of hydrogen-bond acceptors (Lipinski definition) is 5. The van der Waals surface area contributed by atoms with Gasteiger partial charge in [-0.25, -0.2) is 13.1 Å².